The van der Waals surface area contributed by atoms with Gasteiger partial charge in [0.15, 0.2) is 0 Å². The van der Waals surface area contributed by atoms with Crippen LogP contribution >= 0.6 is 0 Å². The van der Waals surface area contributed by atoms with E-state index >= 15 is 0 Å². The van der Waals surface area contributed by atoms with Gasteiger partial charge in [-0.2, -0.15) is 0 Å². The van der Waals surface area contributed by atoms with E-state index in [1.807, 2.05) is 24.3 Å². The van der Waals surface area contributed by atoms with E-state index in [1.165, 1.54) is 6.07 Å². The molecule has 0 aliphatic rings. The molecule has 2 aromatic rings. The largest absolute Gasteiger partial charge is 0.271 e. The van der Waals surface area contributed by atoms with Gasteiger partial charge in [0.1, 0.15) is 5.82 Å². The molecule has 2 nitrogen and oxygen atoms in total. The lowest BCUT2D eigenvalue weighted by atomic mass is 9.80. The standard InChI is InChI=1S/C17H21FN2/c1-17(2,3)14-10-6-4-8-12(14)16(20-19)13-9-5-7-11-15(13)18/h4-11,16,20H,19H2,1-3H3. The van der Waals surface area contributed by atoms with E-state index in [0.717, 1.165) is 11.1 Å². The second-order valence-electron chi connectivity index (χ2n) is 5.96. The van der Waals surface area contributed by atoms with Crippen LogP contribution in [0.15, 0.2) is 48.5 Å². The Morgan fingerprint density at radius 3 is 2.05 bits per heavy atom. The van der Waals surface area contributed by atoms with Gasteiger partial charge in [0.25, 0.3) is 0 Å². The van der Waals surface area contributed by atoms with Crippen LogP contribution in [-0.2, 0) is 5.41 Å². The first-order valence-electron chi connectivity index (χ1n) is 6.75. The highest BCUT2D eigenvalue weighted by Crippen LogP contribution is 2.33. The summed E-state index contributed by atoms with van der Waals surface area (Å²) in [5.41, 5.74) is 5.44. The molecule has 0 fully saturated rings. The van der Waals surface area contributed by atoms with Crippen LogP contribution in [0.25, 0.3) is 0 Å². The van der Waals surface area contributed by atoms with Crippen molar-refractivity contribution in [3.63, 3.8) is 0 Å². The highest BCUT2D eigenvalue weighted by molar-refractivity contribution is 5.41. The van der Waals surface area contributed by atoms with Gasteiger partial charge in [-0.05, 0) is 22.6 Å². The Bertz CT molecular complexity index is 588. The molecule has 0 saturated heterocycles. The second-order valence-corrected chi connectivity index (χ2v) is 5.96. The van der Waals surface area contributed by atoms with Crippen LogP contribution < -0.4 is 11.3 Å². The summed E-state index contributed by atoms with van der Waals surface area (Å²) in [6.45, 7) is 6.42. The quantitative estimate of drug-likeness (QED) is 0.661. The third-order valence-electron chi connectivity index (χ3n) is 3.46. The zero-order valence-corrected chi connectivity index (χ0v) is 12.2. The van der Waals surface area contributed by atoms with E-state index in [9.17, 15) is 4.39 Å². The zero-order chi connectivity index (χ0) is 14.8. The maximum absolute atomic E-state index is 14.0. The van der Waals surface area contributed by atoms with Gasteiger partial charge in [-0.1, -0.05) is 63.2 Å². The van der Waals surface area contributed by atoms with Gasteiger partial charge in [-0.15, -0.1) is 0 Å². The number of hydrogen-bond acceptors (Lipinski definition) is 2. The Morgan fingerprint density at radius 2 is 1.50 bits per heavy atom. The van der Waals surface area contributed by atoms with Gasteiger partial charge >= 0.3 is 0 Å². The molecule has 20 heavy (non-hydrogen) atoms. The smallest absolute Gasteiger partial charge is 0.128 e. The van der Waals surface area contributed by atoms with Crippen molar-refractivity contribution in [3.05, 3.63) is 71.0 Å². The fraction of sp³-hybridized carbons (Fsp3) is 0.294. The third-order valence-corrected chi connectivity index (χ3v) is 3.46. The van der Waals surface area contributed by atoms with Crippen molar-refractivity contribution in [3.8, 4) is 0 Å². The van der Waals surface area contributed by atoms with Gasteiger partial charge in [0.05, 0.1) is 6.04 Å². The number of nitrogens with one attached hydrogen (secondary N) is 1. The van der Waals surface area contributed by atoms with Crippen molar-refractivity contribution in [1.29, 1.82) is 0 Å². The van der Waals surface area contributed by atoms with Crippen LogP contribution in [0.4, 0.5) is 4.39 Å². The average Bonchev–Trinajstić information content (AvgIpc) is 2.41. The summed E-state index contributed by atoms with van der Waals surface area (Å²) in [6, 6.07) is 14.4. The predicted molar refractivity (Wildman–Crippen MR) is 80.7 cm³/mol. The second kappa shape index (κ2) is 5.73. The first-order chi connectivity index (χ1) is 9.45. The number of hydrogen-bond donors (Lipinski definition) is 2. The van der Waals surface area contributed by atoms with Crippen LogP contribution in [0, 0.1) is 5.82 Å². The molecule has 1 atom stereocenters. The fourth-order valence-corrected chi connectivity index (χ4v) is 2.49. The SMILES string of the molecule is CC(C)(C)c1ccccc1C(NN)c1ccccc1F. The van der Waals surface area contributed by atoms with Crippen LogP contribution in [0.2, 0.25) is 0 Å². The molecule has 0 aromatic heterocycles. The first kappa shape index (κ1) is 14.7. The maximum Gasteiger partial charge on any atom is 0.128 e. The van der Waals surface area contributed by atoms with E-state index in [-0.39, 0.29) is 17.3 Å². The molecule has 0 amide bonds. The van der Waals surface area contributed by atoms with Crippen LogP contribution in [0.5, 0.6) is 0 Å². The molecule has 3 N–H and O–H groups in total. The minimum atomic E-state index is -0.355. The molecule has 0 aliphatic carbocycles. The lowest BCUT2D eigenvalue weighted by Crippen LogP contribution is -2.31. The van der Waals surface area contributed by atoms with E-state index in [2.05, 4.69) is 32.3 Å². The van der Waals surface area contributed by atoms with Crippen molar-refractivity contribution in [2.75, 3.05) is 0 Å². The minimum Gasteiger partial charge on any atom is -0.271 e. The van der Waals surface area contributed by atoms with E-state index in [4.69, 9.17) is 5.84 Å². The van der Waals surface area contributed by atoms with Gasteiger partial charge in [0.2, 0.25) is 0 Å². The summed E-state index contributed by atoms with van der Waals surface area (Å²) in [6.07, 6.45) is 0. The minimum absolute atomic E-state index is 0.0308. The number of rotatable bonds is 3. The number of nitrogens with two attached hydrogens (primary N) is 1. The van der Waals surface area contributed by atoms with Gasteiger partial charge < -0.3 is 0 Å². The number of hydrazine groups is 1. The Kier molecular flexibility index (Phi) is 4.21. The monoisotopic (exact) mass is 272 g/mol. The Balaban J connectivity index is 2.57. The lowest BCUT2D eigenvalue weighted by molar-refractivity contribution is 0.535. The van der Waals surface area contributed by atoms with Gasteiger partial charge in [0, 0.05) is 5.56 Å². The molecule has 2 rings (SSSR count). The summed E-state index contributed by atoms with van der Waals surface area (Å²) in [5, 5.41) is 0. The average molecular weight is 272 g/mol. The molecule has 0 saturated carbocycles. The summed E-state index contributed by atoms with van der Waals surface area (Å²) >= 11 is 0. The molecule has 0 spiro atoms. The third kappa shape index (κ3) is 2.89. The number of benzene rings is 2. The molecule has 2 aromatic carbocycles. The number of halogens is 1. The normalized spacial score (nSPS) is 13.2. The summed E-state index contributed by atoms with van der Waals surface area (Å²) < 4.78 is 14.0. The molecule has 0 bridgehead atoms. The predicted octanol–water partition coefficient (Wildman–Crippen LogP) is 3.68. The van der Waals surface area contributed by atoms with E-state index in [1.54, 1.807) is 12.1 Å². The van der Waals surface area contributed by atoms with Crippen LogP contribution in [-0.4, -0.2) is 0 Å². The summed E-state index contributed by atoms with van der Waals surface area (Å²) in [4.78, 5) is 0. The molecule has 1 unspecified atom stereocenters. The summed E-state index contributed by atoms with van der Waals surface area (Å²) in [5.74, 6) is 5.45. The van der Waals surface area contributed by atoms with Crippen molar-refractivity contribution in [1.82, 2.24) is 5.43 Å². The lowest BCUT2D eigenvalue weighted by Gasteiger charge is -2.27. The van der Waals surface area contributed by atoms with Crippen molar-refractivity contribution in [2.45, 2.75) is 32.2 Å². The molecule has 0 aliphatic heterocycles. The molecular weight excluding hydrogens is 251 g/mol. The Hall–Kier alpha value is -1.71. The highest BCUT2D eigenvalue weighted by Gasteiger charge is 2.24. The maximum atomic E-state index is 14.0. The molecule has 106 valence electrons. The topological polar surface area (TPSA) is 38.0 Å². The Morgan fingerprint density at radius 1 is 0.950 bits per heavy atom. The highest BCUT2D eigenvalue weighted by atomic mass is 19.1. The first-order valence-corrected chi connectivity index (χ1v) is 6.75. The zero-order valence-electron chi connectivity index (χ0n) is 12.2. The van der Waals surface area contributed by atoms with E-state index in [0.29, 0.717) is 5.56 Å². The van der Waals surface area contributed by atoms with Gasteiger partial charge in [-0.3, -0.25) is 5.84 Å². The molecular formula is C17H21FN2. The Labute approximate surface area is 119 Å². The van der Waals surface area contributed by atoms with Crippen molar-refractivity contribution >= 4 is 0 Å². The summed E-state index contributed by atoms with van der Waals surface area (Å²) in [7, 11) is 0. The molecule has 0 radical (unpaired) electrons. The molecule has 0 heterocycles. The van der Waals surface area contributed by atoms with Crippen molar-refractivity contribution in [2.24, 2.45) is 5.84 Å². The van der Waals surface area contributed by atoms with E-state index < -0.39 is 0 Å². The fourth-order valence-electron chi connectivity index (χ4n) is 2.49. The van der Waals surface area contributed by atoms with Gasteiger partial charge in [-0.25, -0.2) is 9.82 Å². The van der Waals surface area contributed by atoms with Crippen LogP contribution in [0.3, 0.4) is 0 Å². The molecule has 3 heteroatoms. The van der Waals surface area contributed by atoms with Crippen molar-refractivity contribution < 1.29 is 4.39 Å². The van der Waals surface area contributed by atoms with Crippen LogP contribution in [0.1, 0.15) is 43.5 Å².